The van der Waals surface area contributed by atoms with Gasteiger partial charge in [-0.15, -0.1) is 11.6 Å². The summed E-state index contributed by atoms with van der Waals surface area (Å²) < 4.78 is 18.9. The number of methoxy groups -OCH3 is 1. The van der Waals surface area contributed by atoms with E-state index in [4.69, 9.17) is 27.9 Å². The smallest absolute Gasteiger partial charge is 0.258 e. The monoisotopic (exact) mass is 474 g/mol. The number of benzene rings is 2. The summed E-state index contributed by atoms with van der Waals surface area (Å²) in [5.41, 5.74) is 1.70. The number of hydrogen-bond acceptors (Lipinski definition) is 5. The molecule has 0 fully saturated rings. The van der Waals surface area contributed by atoms with Crippen molar-refractivity contribution in [2.45, 2.75) is 5.38 Å². The summed E-state index contributed by atoms with van der Waals surface area (Å²) in [6, 6.07) is 10.5. The maximum absolute atomic E-state index is 14.0. The number of rotatable bonds is 3. The fourth-order valence-electron chi connectivity index (χ4n) is 3.32. The molecule has 4 rings (SSSR count). The van der Waals surface area contributed by atoms with Crippen molar-refractivity contribution in [3.63, 3.8) is 0 Å². The van der Waals surface area contributed by atoms with Crippen LogP contribution in [0.3, 0.4) is 0 Å². The molecule has 0 radical (unpaired) electrons. The highest BCUT2D eigenvalue weighted by molar-refractivity contribution is 6.37. The van der Waals surface area contributed by atoms with E-state index < -0.39 is 23.0 Å². The second-order valence-electron chi connectivity index (χ2n) is 7.03. The van der Waals surface area contributed by atoms with Gasteiger partial charge in [0.2, 0.25) is 5.96 Å². The third-order valence-corrected chi connectivity index (χ3v) is 5.47. The van der Waals surface area contributed by atoms with E-state index >= 15 is 0 Å². The molecule has 0 spiro atoms. The second kappa shape index (κ2) is 9.10. The highest BCUT2D eigenvalue weighted by atomic mass is 35.5. The van der Waals surface area contributed by atoms with Crippen molar-refractivity contribution in [2.24, 2.45) is 9.98 Å². The SMILES string of the molecule is COc1ccc(C(=O)N2C=C3CN=C(NC(=O)c4cccc(Cl)c4)N=C3C(Cl)C2)cc1F. The Balaban J connectivity index is 1.50. The van der Waals surface area contributed by atoms with Gasteiger partial charge in [0.15, 0.2) is 11.6 Å². The van der Waals surface area contributed by atoms with Gasteiger partial charge in [0.05, 0.1) is 24.7 Å². The summed E-state index contributed by atoms with van der Waals surface area (Å²) >= 11 is 12.4. The predicted octanol–water partition coefficient (Wildman–Crippen LogP) is 3.68. The van der Waals surface area contributed by atoms with Crippen LogP contribution < -0.4 is 10.1 Å². The van der Waals surface area contributed by atoms with Crippen LogP contribution in [0.5, 0.6) is 5.75 Å². The molecule has 10 heteroatoms. The number of nitrogens with zero attached hydrogens (tertiary/aromatic N) is 3. The lowest BCUT2D eigenvalue weighted by Crippen LogP contribution is -2.43. The fraction of sp³-hybridized carbons (Fsp3) is 0.182. The van der Waals surface area contributed by atoms with Crippen LogP contribution in [0, 0.1) is 5.82 Å². The molecule has 2 amide bonds. The normalized spacial score (nSPS) is 17.6. The van der Waals surface area contributed by atoms with Crippen molar-refractivity contribution in [1.29, 1.82) is 0 Å². The first kappa shape index (κ1) is 22.0. The highest BCUT2D eigenvalue weighted by Gasteiger charge is 2.31. The topological polar surface area (TPSA) is 83.4 Å². The molecule has 2 aromatic carbocycles. The number of carbonyl (C=O) groups excluding carboxylic acids is 2. The predicted molar refractivity (Wildman–Crippen MR) is 120 cm³/mol. The van der Waals surface area contributed by atoms with Crippen LogP contribution in [-0.4, -0.2) is 54.0 Å². The first-order valence-electron chi connectivity index (χ1n) is 9.55. The first-order chi connectivity index (χ1) is 15.4. The van der Waals surface area contributed by atoms with Gasteiger partial charge in [-0.25, -0.2) is 14.4 Å². The van der Waals surface area contributed by atoms with Crippen molar-refractivity contribution in [3.8, 4) is 5.75 Å². The molecule has 0 aromatic heterocycles. The average molecular weight is 475 g/mol. The maximum Gasteiger partial charge on any atom is 0.258 e. The summed E-state index contributed by atoms with van der Waals surface area (Å²) in [5, 5.41) is 2.45. The zero-order valence-corrected chi connectivity index (χ0v) is 18.3. The van der Waals surface area contributed by atoms with Gasteiger partial charge in [0.25, 0.3) is 11.8 Å². The van der Waals surface area contributed by atoms with Crippen LogP contribution in [0.25, 0.3) is 0 Å². The molecule has 0 saturated heterocycles. The Morgan fingerprint density at radius 2 is 2.03 bits per heavy atom. The lowest BCUT2D eigenvalue weighted by atomic mass is 10.0. The van der Waals surface area contributed by atoms with Gasteiger partial charge in [-0.1, -0.05) is 17.7 Å². The summed E-state index contributed by atoms with van der Waals surface area (Å²) in [5.74, 6) is -1.26. The van der Waals surface area contributed by atoms with E-state index in [2.05, 4.69) is 15.3 Å². The number of amides is 2. The minimum absolute atomic E-state index is 0.0529. The molecule has 1 N–H and O–H groups in total. The zero-order valence-electron chi connectivity index (χ0n) is 16.8. The van der Waals surface area contributed by atoms with Gasteiger partial charge in [-0.2, -0.15) is 0 Å². The minimum atomic E-state index is -0.630. The summed E-state index contributed by atoms with van der Waals surface area (Å²) in [4.78, 5) is 35.3. The van der Waals surface area contributed by atoms with Crippen molar-refractivity contribution in [1.82, 2.24) is 10.2 Å². The van der Waals surface area contributed by atoms with Crippen LogP contribution in [0.1, 0.15) is 20.7 Å². The standard InChI is InChI=1S/C22H17Cl2FN4O3/c1-32-18-6-5-13(8-17(18)25)21(31)29-10-14-9-26-22(27-19(14)16(24)11-29)28-20(30)12-3-2-4-15(23)7-12/h2-8,10,16H,9,11H2,1H3,(H,26,28,30). The van der Waals surface area contributed by atoms with E-state index in [1.165, 1.54) is 30.2 Å². The Kier molecular flexibility index (Phi) is 6.25. The molecule has 2 aromatic rings. The number of halogens is 3. The third kappa shape index (κ3) is 4.51. The molecule has 0 aliphatic carbocycles. The Morgan fingerprint density at radius 3 is 2.75 bits per heavy atom. The van der Waals surface area contributed by atoms with Crippen LogP contribution >= 0.6 is 23.2 Å². The molecule has 7 nitrogen and oxygen atoms in total. The summed E-state index contributed by atoms with van der Waals surface area (Å²) in [6.45, 7) is 0.305. The number of hydrogen-bond donors (Lipinski definition) is 1. The average Bonchev–Trinajstić information content (AvgIpc) is 2.78. The van der Waals surface area contributed by atoms with Crippen LogP contribution in [-0.2, 0) is 0 Å². The Morgan fingerprint density at radius 1 is 1.22 bits per heavy atom. The van der Waals surface area contributed by atoms with Crippen LogP contribution in [0.4, 0.5) is 4.39 Å². The van der Waals surface area contributed by atoms with E-state index in [1.54, 1.807) is 24.4 Å². The molecule has 164 valence electrons. The third-order valence-electron chi connectivity index (χ3n) is 4.89. The molecule has 32 heavy (non-hydrogen) atoms. The number of nitrogens with one attached hydrogen (secondary N) is 1. The molecule has 2 aliphatic rings. The van der Waals surface area contributed by atoms with E-state index in [1.807, 2.05) is 0 Å². The van der Waals surface area contributed by atoms with Gasteiger partial charge < -0.3 is 9.64 Å². The summed E-state index contributed by atoms with van der Waals surface area (Å²) in [6.07, 6.45) is 1.60. The van der Waals surface area contributed by atoms with Gasteiger partial charge in [0.1, 0.15) is 0 Å². The number of carbonyl (C=O) groups is 2. The lowest BCUT2D eigenvalue weighted by molar-refractivity contribution is 0.0822. The van der Waals surface area contributed by atoms with Crippen molar-refractivity contribution in [3.05, 3.63) is 76.2 Å². The van der Waals surface area contributed by atoms with Crippen LogP contribution in [0.15, 0.2) is 64.2 Å². The Bertz CT molecular complexity index is 1200. The number of guanidine groups is 1. The number of alkyl halides is 1. The number of fused-ring (bicyclic) bond motifs is 1. The van der Waals surface area contributed by atoms with Gasteiger partial charge >= 0.3 is 0 Å². The van der Waals surface area contributed by atoms with Crippen molar-refractivity contribution < 1.29 is 18.7 Å². The van der Waals surface area contributed by atoms with Gasteiger partial charge in [-0.05, 0) is 36.4 Å². The fourth-order valence-corrected chi connectivity index (χ4v) is 3.85. The van der Waals surface area contributed by atoms with Gasteiger partial charge in [-0.3, -0.25) is 14.9 Å². The van der Waals surface area contributed by atoms with Crippen LogP contribution in [0.2, 0.25) is 5.02 Å². The quantitative estimate of drug-likeness (QED) is 0.688. The van der Waals surface area contributed by atoms with Gasteiger partial charge in [0, 0.05) is 34.5 Å². The molecule has 1 unspecified atom stereocenters. The van der Waals surface area contributed by atoms with Crippen molar-refractivity contribution in [2.75, 3.05) is 20.2 Å². The molecule has 0 bridgehead atoms. The zero-order chi connectivity index (χ0) is 22.8. The first-order valence-corrected chi connectivity index (χ1v) is 10.4. The van der Waals surface area contributed by atoms with Crippen molar-refractivity contribution >= 4 is 46.7 Å². The van der Waals surface area contributed by atoms with E-state index in [9.17, 15) is 14.0 Å². The molecule has 0 saturated carbocycles. The lowest BCUT2D eigenvalue weighted by Gasteiger charge is -2.31. The minimum Gasteiger partial charge on any atom is -0.494 e. The van der Waals surface area contributed by atoms with E-state index in [0.717, 1.165) is 6.07 Å². The van der Waals surface area contributed by atoms with E-state index in [0.29, 0.717) is 21.9 Å². The molecular formula is C22H17Cl2FN4O3. The molecule has 2 aliphatic heterocycles. The summed E-state index contributed by atoms with van der Waals surface area (Å²) in [7, 11) is 1.35. The highest BCUT2D eigenvalue weighted by Crippen LogP contribution is 2.24. The number of ether oxygens (including phenoxy) is 1. The molecular weight excluding hydrogens is 458 g/mol. The largest absolute Gasteiger partial charge is 0.494 e. The van der Waals surface area contributed by atoms with E-state index in [-0.39, 0.29) is 30.4 Å². The number of aliphatic imine (C=N–C) groups is 2. The Hall–Kier alpha value is -3.23. The Labute approximate surface area is 193 Å². The maximum atomic E-state index is 14.0. The molecule has 2 heterocycles. The second-order valence-corrected chi connectivity index (χ2v) is 7.99. The molecule has 1 atom stereocenters.